The number of fused-ring (bicyclic) bond motifs is 2. The van der Waals surface area contributed by atoms with E-state index >= 15 is 0 Å². The zero-order valence-electron chi connectivity index (χ0n) is 40.2. The molecule has 0 aromatic heterocycles. The fourth-order valence-corrected chi connectivity index (χ4v) is 10.1. The summed E-state index contributed by atoms with van der Waals surface area (Å²) in [5.41, 5.74) is 6.10. The van der Waals surface area contributed by atoms with E-state index < -0.39 is 42.4 Å². The van der Waals surface area contributed by atoms with Gasteiger partial charge in [0.15, 0.2) is 0 Å². The van der Waals surface area contributed by atoms with Crippen LogP contribution >= 0.6 is 0 Å². The Morgan fingerprint density at radius 2 is 1.13 bits per heavy atom. The van der Waals surface area contributed by atoms with E-state index in [4.69, 9.17) is 4.74 Å². The topological polar surface area (TPSA) is 190 Å². The minimum absolute atomic E-state index is 0.110. The van der Waals surface area contributed by atoms with Gasteiger partial charge >= 0.3 is 0 Å². The van der Waals surface area contributed by atoms with E-state index in [9.17, 15) is 28.8 Å². The van der Waals surface area contributed by atoms with E-state index in [1.54, 1.807) is 62.9 Å². The second-order valence-electron chi connectivity index (χ2n) is 18.7. The lowest BCUT2D eigenvalue weighted by Crippen LogP contribution is -2.59. The molecule has 7 rings (SSSR count). The van der Waals surface area contributed by atoms with E-state index in [0.29, 0.717) is 44.3 Å². The lowest BCUT2D eigenvalue weighted by molar-refractivity contribution is -0.145. The van der Waals surface area contributed by atoms with Gasteiger partial charge in [0.25, 0.3) is 0 Å². The number of hydrogen-bond donors (Lipinski definition) is 6. The summed E-state index contributed by atoms with van der Waals surface area (Å²) < 4.78 is 6.19. The van der Waals surface area contributed by atoms with Crippen molar-refractivity contribution in [3.05, 3.63) is 112 Å². The fraction of sp³-hybridized carbons (Fsp3) is 0.509. The van der Waals surface area contributed by atoms with Gasteiger partial charge in [-0.25, -0.2) is 0 Å². The van der Waals surface area contributed by atoms with Crippen molar-refractivity contribution in [2.24, 2.45) is 0 Å². The summed E-state index contributed by atoms with van der Waals surface area (Å²) in [6.45, 7) is 6.07. The fourth-order valence-electron chi connectivity index (χ4n) is 10.1. The average molecular weight is 931 g/mol. The number of nitrogens with zero attached hydrogens (tertiary/aromatic N) is 2. The third-order valence-corrected chi connectivity index (χ3v) is 14.3. The van der Waals surface area contributed by atoms with Gasteiger partial charge in [-0.2, -0.15) is 0 Å². The first-order chi connectivity index (χ1) is 32.9. The van der Waals surface area contributed by atoms with Crippen LogP contribution in [0, 0.1) is 0 Å². The Balaban J connectivity index is 0.995. The highest BCUT2D eigenvalue weighted by atomic mass is 16.5. The van der Waals surface area contributed by atoms with Crippen LogP contribution in [0.1, 0.15) is 124 Å². The molecule has 68 heavy (non-hydrogen) atoms. The van der Waals surface area contributed by atoms with Crippen LogP contribution in [-0.4, -0.2) is 115 Å². The van der Waals surface area contributed by atoms with Crippen LogP contribution < -0.4 is 31.9 Å². The Kier molecular flexibility index (Phi) is 17.2. The zero-order valence-corrected chi connectivity index (χ0v) is 40.2. The SMILES string of the molecule is CN[C@@H](C)C(=O)N[C@H](C(=O)N1CCC[C@H]1C(=O)NC1CCCc2ccccc21)c1ccc(C=CCO[C@H](C)[C@H](NC(=O)[C@H](C)NC)C(=O)N2CCC[C@H]2C(=O)N[C@@H]2CCCc3ccccc32)cc1. The molecule has 6 amide bonds. The third kappa shape index (κ3) is 11.8. The molecule has 364 valence electrons. The highest BCUT2D eigenvalue weighted by molar-refractivity contribution is 5.95. The largest absolute Gasteiger partial charge is 0.372 e. The molecule has 2 fully saturated rings. The number of rotatable bonds is 18. The maximum atomic E-state index is 14.4. The van der Waals surface area contributed by atoms with Crippen molar-refractivity contribution >= 4 is 41.5 Å². The van der Waals surface area contributed by atoms with Crippen molar-refractivity contribution in [2.45, 2.75) is 139 Å². The second-order valence-corrected chi connectivity index (χ2v) is 18.7. The molecule has 2 heterocycles. The van der Waals surface area contributed by atoms with Crippen LogP contribution in [0.5, 0.6) is 0 Å². The van der Waals surface area contributed by atoms with Gasteiger partial charge in [0.1, 0.15) is 24.2 Å². The minimum atomic E-state index is -1.05. The molecular weight excluding hydrogens is 861 g/mol. The molecule has 2 aliphatic heterocycles. The summed E-state index contributed by atoms with van der Waals surface area (Å²) in [6.07, 6.45) is 10.9. The molecule has 0 saturated carbocycles. The van der Waals surface area contributed by atoms with Gasteiger partial charge in [0.2, 0.25) is 35.4 Å². The van der Waals surface area contributed by atoms with Crippen molar-refractivity contribution in [3.8, 4) is 0 Å². The molecule has 2 aliphatic carbocycles. The first kappa shape index (κ1) is 50.0. The van der Waals surface area contributed by atoms with E-state index in [-0.39, 0.29) is 54.1 Å². The first-order valence-corrected chi connectivity index (χ1v) is 24.6. The lowest BCUT2D eigenvalue weighted by Gasteiger charge is -2.33. The molecule has 0 bridgehead atoms. The first-order valence-electron chi connectivity index (χ1n) is 24.6. The lowest BCUT2D eigenvalue weighted by atomic mass is 9.87. The van der Waals surface area contributed by atoms with Gasteiger partial charge in [-0.1, -0.05) is 84.9 Å². The quantitative estimate of drug-likeness (QED) is 0.108. The van der Waals surface area contributed by atoms with E-state index in [0.717, 1.165) is 55.2 Å². The van der Waals surface area contributed by atoms with Crippen molar-refractivity contribution in [2.75, 3.05) is 33.8 Å². The Morgan fingerprint density at radius 3 is 1.66 bits per heavy atom. The van der Waals surface area contributed by atoms with Crippen LogP contribution in [0.25, 0.3) is 6.08 Å². The van der Waals surface area contributed by atoms with Crippen molar-refractivity contribution < 1.29 is 33.5 Å². The predicted octanol–water partition coefficient (Wildman–Crippen LogP) is 4.33. The Labute approximate surface area is 401 Å². The summed E-state index contributed by atoms with van der Waals surface area (Å²) >= 11 is 0. The van der Waals surface area contributed by atoms with Crippen LogP contribution in [0.2, 0.25) is 0 Å². The highest BCUT2D eigenvalue weighted by Gasteiger charge is 2.42. The van der Waals surface area contributed by atoms with Gasteiger partial charge in [-0.3, -0.25) is 28.8 Å². The standard InChI is InChI=1S/C53H70N8O7/c1-33(54-4)48(62)58-46(52(66)60-30-12-24-44(60)50(64)56-42-22-10-18-37-16-6-8-20-40(37)42)35(3)68-32-14-15-36-26-28-39(29-27-36)47(59-49(63)34(2)55-5)53(67)61-31-13-25-45(61)51(65)57-43-23-11-19-38-17-7-9-21-41(38)43/h6-9,14-17,20-21,26-29,33-35,42-47,54-55H,10-13,18-19,22-25,30-32H2,1-5H3,(H,56,64)(H,57,65)(H,58,62)(H,59,63)/t33-,34-,35+,42+,43?,44-,45-,46-,47-/m0/s1. The number of hydrogen-bond acceptors (Lipinski definition) is 9. The van der Waals surface area contributed by atoms with Crippen LogP contribution in [0.3, 0.4) is 0 Å². The van der Waals surface area contributed by atoms with E-state index in [1.165, 1.54) is 11.1 Å². The molecule has 0 spiro atoms. The molecule has 9 atom stereocenters. The molecule has 1 unspecified atom stereocenters. The number of benzene rings is 3. The number of ether oxygens (including phenoxy) is 1. The molecule has 15 heteroatoms. The molecular formula is C53H70N8O7. The number of carbonyl (C=O) groups excluding carboxylic acids is 6. The number of aryl methyl sites for hydroxylation is 2. The number of nitrogens with one attached hydrogen (secondary N) is 6. The zero-order chi connectivity index (χ0) is 48.3. The Bertz CT molecular complexity index is 2300. The van der Waals surface area contributed by atoms with Gasteiger partial charge in [-0.15, -0.1) is 0 Å². The molecule has 15 nitrogen and oxygen atoms in total. The Hall–Kier alpha value is -5.90. The Morgan fingerprint density at radius 1 is 0.632 bits per heavy atom. The van der Waals surface area contributed by atoms with Gasteiger partial charge < -0.3 is 46.4 Å². The van der Waals surface area contributed by atoms with Crippen LogP contribution in [0.15, 0.2) is 78.9 Å². The van der Waals surface area contributed by atoms with Gasteiger partial charge in [0, 0.05) is 13.1 Å². The number of carbonyl (C=O) groups is 6. The second kappa shape index (κ2) is 23.4. The number of amides is 6. The van der Waals surface area contributed by atoms with Gasteiger partial charge in [0.05, 0.1) is 36.9 Å². The van der Waals surface area contributed by atoms with Crippen molar-refractivity contribution in [1.82, 2.24) is 41.7 Å². The smallest absolute Gasteiger partial charge is 0.250 e. The average Bonchev–Trinajstić information content (AvgIpc) is 4.07. The highest BCUT2D eigenvalue weighted by Crippen LogP contribution is 2.33. The summed E-state index contributed by atoms with van der Waals surface area (Å²) in [4.78, 5) is 86.2. The number of likely N-dealkylation sites (tertiary alicyclic amines) is 2. The summed E-state index contributed by atoms with van der Waals surface area (Å²) in [6, 6.07) is 18.9. The maximum Gasteiger partial charge on any atom is 0.250 e. The molecule has 6 N–H and O–H groups in total. The molecule has 2 saturated heterocycles. The van der Waals surface area contributed by atoms with Crippen molar-refractivity contribution in [1.29, 1.82) is 0 Å². The van der Waals surface area contributed by atoms with Gasteiger partial charge in [-0.05, 0) is 132 Å². The van der Waals surface area contributed by atoms with E-state index in [2.05, 4.69) is 56.2 Å². The summed E-state index contributed by atoms with van der Waals surface area (Å²) in [7, 11) is 3.35. The van der Waals surface area contributed by atoms with Crippen molar-refractivity contribution in [3.63, 3.8) is 0 Å². The van der Waals surface area contributed by atoms with Crippen LogP contribution in [-0.2, 0) is 46.3 Å². The van der Waals surface area contributed by atoms with Crippen LogP contribution in [0.4, 0.5) is 0 Å². The molecule has 0 radical (unpaired) electrons. The predicted molar refractivity (Wildman–Crippen MR) is 261 cm³/mol. The third-order valence-electron chi connectivity index (χ3n) is 14.3. The number of likely N-dealkylation sites (N-methyl/N-ethyl adjacent to an activating group) is 2. The monoisotopic (exact) mass is 931 g/mol. The molecule has 3 aromatic carbocycles. The minimum Gasteiger partial charge on any atom is -0.372 e. The molecule has 4 aliphatic rings. The molecule has 3 aromatic rings. The maximum absolute atomic E-state index is 14.4. The van der Waals surface area contributed by atoms with E-state index in [1.807, 2.05) is 42.5 Å². The normalized spacial score (nSPS) is 22.2. The summed E-state index contributed by atoms with van der Waals surface area (Å²) in [5, 5.41) is 18.2. The summed E-state index contributed by atoms with van der Waals surface area (Å²) in [5.74, 6) is -1.79.